The first-order valence-corrected chi connectivity index (χ1v) is 5.78. The highest BCUT2D eigenvalue weighted by Gasteiger charge is 2.20. The second-order valence-corrected chi connectivity index (χ2v) is 4.59. The Morgan fingerprint density at radius 3 is 2.56 bits per heavy atom. The number of fused-ring (bicyclic) bond motifs is 1. The Morgan fingerprint density at radius 2 is 1.94 bits per heavy atom. The molecule has 0 bridgehead atoms. The van der Waals surface area contributed by atoms with Crippen molar-refractivity contribution in [2.75, 3.05) is 37.4 Å². The van der Waals surface area contributed by atoms with E-state index < -0.39 is 5.60 Å². The van der Waals surface area contributed by atoms with Crippen LogP contribution < -0.4 is 20.5 Å². The lowest BCUT2D eigenvalue weighted by Gasteiger charge is -2.24. The monoisotopic (exact) mass is 254 g/mol. The molecule has 0 fully saturated rings. The van der Waals surface area contributed by atoms with E-state index in [9.17, 15) is 5.11 Å². The number of aliphatic hydroxyl groups is 2. The number of ether oxygens (including phenoxy) is 2. The van der Waals surface area contributed by atoms with Crippen LogP contribution in [0.3, 0.4) is 0 Å². The number of nitrogens with two attached hydrogens (primary N) is 1. The van der Waals surface area contributed by atoms with E-state index in [0.29, 0.717) is 36.1 Å². The summed E-state index contributed by atoms with van der Waals surface area (Å²) in [7, 11) is 0. The molecule has 1 unspecified atom stereocenters. The summed E-state index contributed by atoms with van der Waals surface area (Å²) in [5.74, 6) is 1.25. The van der Waals surface area contributed by atoms with E-state index in [-0.39, 0.29) is 13.2 Å². The minimum atomic E-state index is -1.19. The lowest BCUT2D eigenvalue weighted by atomic mass is 10.1. The van der Waals surface area contributed by atoms with Gasteiger partial charge in [0.2, 0.25) is 0 Å². The Hall–Kier alpha value is -1.66. The minimum absolute atomic E-state index is 0.188. The summed E-state index contributed by atoms with van der Waals surface area (Å²) in [6, 6.07) is 3.42. The Kier molecular flexibility index (Phi) is 3.49. The fourth-order valence-electron chi connectivity index (χ4n) is 1.60. The number of hydrogen-bond donors (Lipinski definition) is 4. The third-order valence-corrected chi connectivity index (χ3v) is 2.71. The number of aliphatic hydroxyl groups excluding tert-OH is 1. The van der Waals surface area contributed by atoms with Crippen LogP contribution in [-0.4, -0.2) is 42.2 Å². The van der Waals surface area contributed by atoms with Gasteiger partial charge in [-0.3, -0.25) is 0 Å². The second-order valence-electron chi connectivity index (χ2n) is 4.59. The van der Waals surface area contributed by atoms with Crippen molar-refractivity contribution in [1.29, 1.82) is 0 Å². The fourth-order valence-corrected chi connectivity index (χ4v) is 1.60. The standard InChI is InChI=1S/C12H18N2O4/c1-12(16,7-15)6-14-9-5-11-10(4-8(9)13)17-2-3-18-11/h4-5,14-16H,2-3,6-7,13H2,1H3. The van der Waals surface area contributed by atoms with E-state index in [1.807, 2.05) is 0 Å². The van der Waals surface area contributed by atoms with Crippen molar-refractivity contribution in [3.63, 3.8) is 0 Å². The zero-order valence-electron chi connectivity index (χ0n) is 10.3. The average Bonchev–Trinajstić information content (AvgIpc) is 2.36. The third kappa shape index (κ3) is 2.77. The van der Waals surface area contributed by atoms with Gasteiger partial charge in [-0.1, -0.05) is 0 Å². The van der Waals surface area contributed by atoms with E-state index >= 15 is 0 Å². The Labute approximate surface area is 105 Å². The van der Waals surface area contributed by atoms with Gasteiger partial charge in [0.25, 0.3) is 0 Å². The van der Waals surface area contributed by atoms with E-state index in [0.717, 1.165) is 0 Å². The van der Waals surface area contributed by atoms with Crippen LogP contribution in [0.5, 0.6) is 11.5 Å². The molecule has 0 radical (unpaired) electrons. The van der Waals surface area contributed by atoms with E-state index in [4.69, 9.17) is 20.3 Å². The highest BCUT2D eigenvalue weighted by atomic mass is 16.6. The number of nitrogen functional groups attached to an aromatic ring is 1. The van der Waals surface area contributed by atoms with Crippen LogP contribution in [0.2, 0.25) is 0 Å². The van der Waals surface area contributed by atoms with Gasteiger partial charge in [0.05, 0.1) is 18.0 Å². The molecular weight excluding hydrogens is 236 g/mol. The molecule has 18 heavy (non-hydrogen) atoms. The molecule has 0 saturated carbocycles. The molecule has 6 nitrogen and oxygen atoms in total. The van der Waals surface area contributed by atoms with Gasteiger partial charge in [-0.25, -0.2) is 0 Å². The van der Waals surface area contributed by atoms with E-state index in [2.05, 4.69) is 5.32 Å². The number of anilines is 2. The molecule has 2 rings (SSSR count). The highest BCUT2D eigenvalue weighted by Crippen LogP contribution is 2.36. The Bertz CT molecular complexity index is 434. The summed E-state index contributed by atoms with van der Waals surface area (Å²) in [6.45, 7) is 2.41. The SMILES string of the molecule is CC(O)(CO)CNc1cc2c(cc1N)OCCO2. The molecule has 1 aromatic carbocycles. The Morgan fingerprint density at radius 1 is 1.33 bits per heavy atom. The summed E-state index contributed by atoms with van der Waals surface area (Å²) in [5.41, 5.74) is 5.83. The lowest BCUT2D eigenvalue weighted by molar-refractivity contribution is 0.0132. The van der Waals surface area contributed by atoms with Crippen molar-refractivity contribution in [1.82, 2.24) is 0 Å². The van der Waals surface area contributed by atoms with Crippen molar-refractivity contribution in [3.8, 4) is 11.5 Å². The van der Waals surface area contributed by atoms with Gasteiger partial charge in [0.15, 0.2) is 11.5 Å². The fraction of sp³-hybridized carbons (Fsp3) is 0.500. The van der Waals surface area contributed by atoms with Gasteiger partial charge < -0.3 is 30.7 Å². The predicted molar refractivity (Wildman–Crippen MR) is 68.0 cm³/mol. The first kappa shape index (κ1) is 12.8. The van der Waals surface area contributed by atoms with Crippen molar-refractivity contribution in [2.45, 2.75) is 12.5 Å². The molecule has 1 heterocycles. The quantitative estimate of drug-likeness (QED) is 0.573. The third-order valence-electron chi connectivity index (χ3n) is 2.71. The molecule has 6 heteroatoms. The molecule has 1 aliphatic rings. The average molecular weight is 254 g/mol. The molecule has 0 saturated heterocycles. The molecule has 0 amide bonds. The van der Waals surface area contributed by atoms with Crippen molar-refractivity contribution in [2.24, 2.45) is 0 Å². The molecule has 100 valence electrons. The van der Waals surface area contributed by atoms with Gasteiger partial charge >= 0.3 is 0 Å². The first-order chi connectivity index (χ1) is 8.52. The number of benzene rings is 1. The van der Waals surface area contributed by atoms with E-state index in [1.54, 1.807) is 12.1 Å². The predicted octanol–water partition coefficient (Wildman–Crippen LogP) is 0.195. The smallest absolute Gasteiger partial charge is 0.163 e. The van der Waals surface area contributed by atoms with E-state index in [1.165, 1.54) is 6.92 Å². The molecule has 0 spiro atoms. The Balaban J connectivity index is 2.13. The minimum Gasteiger partial charge on any atom is -0.486 e. The topological polar surface area (TPSA) is 97.0 Å². The summed E-state index contributed by atoms with van der Waals surface area (Å²) in [5, 5.41) is 21.7. The number of rotatable bonds is 4. The van der Waals surface area contributed by atoms with Gasteiger partial charge in [-0.2, -0.15) is 0 Å². The second kappa shape index (κ2) is 4.91. The van der Waals surface area contributed by atoms with Crippen LogP contribution in [0.4, 0.5) is 11.4 Å². The molecule has 1 aromatic rings. The van der Waals surface area contributed by atoms with Crippen LogP contribution in [0.15, 0.2) is 12.1 Å². The molecule has 5 N–H and O–H groups in total. The van der Waals surface area contributed by atoms with Gasteiger partial charge in [-0.15, -0.1) is 0 Å². The van der Waals surface area contributed by atoms with Crippen LogP contribution in [0.25, 0.3) is 0 Å². The lowest BCUT2D eigenvalue weighted by Crippen LogP contribution is -2.37. The molecule has 1 atom stereocenters. The summed E-state index contributed by atoms with van der Waals surface area (Å²) < 4.78 is 10.8. The van der Waals surface area contributed by atoms with Crippen LogP contribution in [0, 0.1) is 0 Å². The summed E-state index contributed by atoms with van der Waals surface area (Å²) in [4.78, 5) is 0. The number of hydrogen-bond acceptors (Lipinski definition) is 6. The number of nitrogens with one attached hydrogen (secondary N) is 1. The molecule has 0 aliphatic carbocycles. The van der Waals surface area contributed by atoms with Gasteiger partial charge in [0.1, 0.15) is 18.8 Å². The maximum Gasteiger partial charge on any atom is 0.163 e. The highest BCUT2D eigenvalue weighted by molar-refractivity contribution is 5.72. The maximum absolute atomic E-state index is 9.70. The zero-order valence-corrected chi connectivity index (χ0v) is 10.3. The van der Waals surface area contributed by atoms with Crippen molar-refractivity contribution in [3.05, 3.63) is 12.1 Å². The van der Waals surface area contributed by atoms with Gasteiger partial charge in [0, 0.05) is 18.7 Å². The molecule has 1 aliphatic heterocycles. The van der Waals surface area contributed by atoms with Crippen molar-refractivity contribution >= 4 is 11.4 Å². The largest absolute Gasteiger partial charge is 0.486 e. The summed E-state index contributed by atoms with van der Waals surface area (Å²) >= 11 is 0. The normalized spacial score (nSPS) is 17.1. The van der Waals surface area contributed by atoms with Crippen LogP contribution in [-0.2, 0) is 0 Å². The maximum atomic E-state index is 9.70. The van der Waals surface area contributed by atoms with Crippen molar-refractivity contribution < 1.29 is 19.7 Å². The van der Waals surface area contributed by atoms with Crippen LogP contribution >= 0.6 is 0 Å². The molecule has 0 aromatic heterocycles. The van der Waals surface area contributed by atoms with Gasteiger partial charge in [-0.05, 0) is 6.92 Å². The zero-order chi connectivity index (χ0) is 13.2. The molecular formula is C12H18N2O4. The first-order valence-electron chi connectivity index (χ1n) is 5.78. The van der Waals surface area contributed by atoms with Crippen LogP contribution in [0.1, 0.15) is 6.92 Å². The summed E-state index contributed by atoms with van der Waals surface area (Å²) in [6.07, 6.45) is 0.